The van der Waals surface area contributed by atoms with Gasteiger partial charge in [0.15, 0.2) is 0 Å². The van der Waals surface area contributed by atoms with Gasteiger partial charge in [-0.1, -0.05) is 24.3 Å². The van der Waals surface area contributed by atoms with Crippen LogP contribution in [-0.2, 0) is 21.4 Å². The molecule has 0 bridgehead atoms. The lowest BCUT2D eigenvalue weighted by atomic mass is 10.2. The summed E-state index contributed by atoms with van der Waals surface area (Å²) >= 11 is 0. The van der Waals surface area contributed by atoms with Crippen LogP contribution in [0.2, 0.25) is 0 Å². The third-order valence-electron chi connectivity index (χ3n) is 2.79. The van der Waals surface area contributed by atoms with Crippen molar-refractivity contribution >= 4 is 15.9 Å². The van der Waals surface area contributed by atoms with Crippen LogP contribution in [-0.4, -0.2) is 26.9 Å². The van der Waals surface area contributed by atoms with Crippen LogP contribution >= 0.6 is 0 Å². The van der Waals surface area contributed by atoms with Gasteiger partial charge in [-0.15, -0.1) is 0 Å². The van der Waals surface area contributed by atoms with Crippen molar-refractivity contribution in [2.24, 2.45) is 5.14 Å². The molecule has 6 nitrogen and oxygen atoms in total. The molecule has 1 atom stereocenters. The maximum absolute atomic E-state index is 11.7. The minimum Gasteiger partial charge on any atom is -0.350 e. The first kappa shape index (κ1) is 13.7. The zero-order valence-electron chi connectivity index (χ0n) is 10.2. The van der Waals surface area contributed by atoms with E-state index in [1.54, 1.807) is 18.2 Å². The van der Waals surface area contributed by atoms with Gasteiger partial charge in [-0.25, -0.2) is 13.6 Å². The van der Waals surface area contributed by atoms with Crippen LogP contribution in [0.3, 0.4) is 0 Å². The van der Waals surface area contributed by atoms with Gasteiger partial charge in [-0.05, 0) is 17.7 Å². The Hall–Kier alpha value is -1.70. The van der Waals surface area contributed by atoms with Gasteiger partial charge in [0.25, 0.3) is 0 Å². The van der Waals surface area contributed by atoms with Crippen LogP contribution in [0.15, 0.2) is 41.3 Å². The molecule has 2 rings (SSSR count). The number of nitrogens with one attached hydrogen (secondary N) is 2. The molecule has 0 fully saturated rings. The van der Waals surface area contributed by atoms with Gasteiger partial charge in [-0.2, -0.15) is 0 Å². The van der Waals surface area contributed by atoms with E-state index in [9.17, 15) is 13.2 Å². The summed E-state index contributed by atoms with van der Waals surface area (Å²) < 4.78 is 22.2. The number of hydrogen-bond acceptors (Lipinski definition) is 4. The Morgan fingerprint density at radius 2 is 2.05 bits per heavy atom. The second-order valence-corrected chi connectivity index (χ2v) is 5.78. The third kappa shape index (κ3) is 3.63. The number of hydrogen-bond donors (Lipinski definition) is 3. The highest BCUT2D eigenvalue weighted by Gasteiger charge is 2.16. The molecule has 1 amide bonds. The summed E-state index contributed by atoms with van der Waals surface area (Å²) in [6.45, 7) is 1.04. The summed E-state index contributed by atoms with van der Waals surface area (Å²) in [7, 11) is -3.67. The van der Waals surface area contributed by atoms with Crippen molar-refractivity contribution in [1.82, 2.24) is 10.6 Å². The van der Waals surface area contributed by atoms with E-state index in [0.717, 1.165) is 5.56 Å². The van der Waals surface area contributed by atoms with E-state index in [2.05, 4.69) is 10.6 Å². The molecule has 0 aromatic heterocycles. The number of primary sulfonamides is 1. The molecule has 19 heavy (non-hydrogen) atoms. The van der Waals surface area contributed by atoms with Crippen molar-refractivity contribution in [3.05, 3.63) is 42.0 Å². The predicted molar refractivity (Wildman–Crippen MR) is 70.6 cm³/mol. The number of carbonyl (C=O) groups excluding carboxylic acids is 1. The average Bonchev–Trinajstić information content (AvgIpc) is 2.89. The molecule has 7 heteroatoms. The molecule has 1 aliphatic rings. The number of carbonyl (C=O) groups is 1. The van der Waals surface area contributed by atoms with Gasteiger partial charge in [0.05, 0.1) is 4.90 Å². The summed E-state index contributed by atoms with van der Waals surface area (Å²) in [4.78, 5) is 11.8. The maximum atomic E-state index is 11.7. The second kappa shape index (κ2) is 5.52. The van der Waals surface area contributed by atoms with Crippen LogP contribution in [0.5, 0.6) is 0 Å². The third-order valence-corrected chi connectivity index (χ3v) is 3.71. The summed E-state index contributed by atoms with van der Waals surface area (Å²) in [5.41, 5.74) is 0.808. The van der Waals surface area contributed by atoms with Gasteiger partial charge < -0.3 is 5.32 Å². The van der Waals surface area contributed by atoms with Crippen LogP contribution < -0.4 is 15.8 Å². The van der Waals surface area contributed by atoms with Crippen molar-refractivity contribution in [2.75, 3.05) is 6.54 Å². The van der Waals surface area contributed by atoms with Crippen molar-refractivity contribution in [2.45, 2.75) is 17.5 Å². The van der Waals surface area contributed by atoms with Gasteiger partial charge in [0, 0.05) is 13.1 Å². The number of sulfonamides is 1. The van der Waals surface area contributed by atoms with E-state index in [1.807, 2.05) is 6.08 Å². The summed E-state index contributed by atoms with van der Waals surface area (Å²) in [6, 6.07) is 5.80. The molecule has 0 spiro atoms. The van der Waals surface area contributed by atoms with Crippen LogP contribution in [0.25, 0.3) is 0 Å². The highest BCUT2D eigenvalue weighted by molar-refractivity contribution is 7.89. The average molecular weight is 281 g/mol. The Kier molecular flexibility index (Phi) is 3.98. The Balaban J connectivity index is 1.93. The predicted octanol–water partition coefficient (Wildman–Crippen LogP) is -0.522. The topological polar surface area (TPSA) is 101 Å². The number of benzene rings is 1. The Morgan fingerprint density at radius 3 is 2.58 bits per heavy atom. The normalized spacial score (nSPS) is 18.5. The largest absolute Gasteiger partial charge is 0.350 e. The van der Waals surface area contributed by atoms with Crippen LogP contribution in [0.1, 0.15) is 5.56 Å². The smallest absolute Gasteiger partial charge is 0.241 e. The SMILES string of the molecule is NS(=O)(=O)c1ccc(CNC(=O)C2C=CCN2)cc1. The molecule has 102 valence electrons. The zero-order chi connectivity index (χ0) is 13.9. The van der Waals surface area contributed by atoms with Crippen molar-refractivity contribution in [1.29, 1.82) is 0 Å². The molecular weight excluding hydrogens is 266 g/mol. The van der Waals surface area contributed by atoms with E-state index in [1.165, 1.54) is 12.1 Å². The first-order valence-corrected chi connectivity index (χ1v) is 7.31. The highest BCUT2D eigenvalue weighted by Crippen LogP contribution is 2.08. The van der Waals surface area contributed by atoms with Crippen molar-refractivity contribution in [3.8, 4) is 0 Å². The molecule has 0 radical (unpaired) electrons. The Bertz CT molecular complexity index is 593. The number of amides is 1. The fourth-order valence-electron chi connectivity index (χ4n) is 1.74. The molecule has 0 saturated heterocycles. The van der Waals surface area contributed by atoms with E-state index in [0.29, 0.717) is 13.1 Å². The molecule has 1 aromatic rings. The van der Waals surface area contributed by atoms with E-state index >= 15 is 0 Å². The van der Waals surface area contributed by atoms with Crippen molar-refractivity contribution < 1.29 is 13.2 Å². The van der Waals surface area contributed by atoms with Gasteiger partial charge in [0.2, 0.25) is 15.9 Å². The molecule has 1 heterocycles. The van der Waals surface area contributed by atoms with Crippen LogP contribution in [0.4, 0.5) is 0 Å². The first-order valence-electron chi connectivity index (χ1n) is 5.76. The first-order chi connectivity index (χ1) is 8.97. The van der Waals surface area contributed by atoms with Crippen molar-refractivity contribution in [3.63, 3.8) is 0 Å². The van der Waals surface area contributed by atoms with E-state index < -0.39 is 10.0 Å². The molecule has 4 N–H and O–H groups in total. The maximum Gasteiger partial charge on any atom is 0.241 e. The van der Waals surface area contributed by atoms with E-state index in [-0.39, 0.29) is 16.8 Å². The summed E-state index contributed by atoms with van der Waals surface area (Å²) in [5.74, 6) is -0.107. The molecule has 0 aliphatic carbocycles. The highest BCUT2D eigenvalue weighted by atomic mass is 32.2. The Labute approximate surface area is 111 Å². The number of nitrogens with two attached hydrogens (primary N) is 1. The lowest BCUT2D eigenvalue weighted by molar-refractivity contribution is -0.122. The fourth-order valence-corrected chi connectivity index (χ4v) is 2.26. The monoisotopic (exact) mass is 281 g/mol. The second-order valence-electron chi connectivity index (χ2n) is 4.22. The molecular formula is C12H15N3O3S. The fraction of sp³-hybridized carbons (Fsp3) is 0.250. The zero-order valence-corrected chi connectivity index (χ0v) is 11.0. The standard InChI is InChI=1S/C12H15N3O3S/c13-19(17,18)10-5-3-9(4-6-10)8-15-12(16)11-2-1-7-14-11/h1-6,11,14H,7-8H2,(H,15,16)(H2,13,17,18). The lowest BCUT2D eigenvalue weighted by Crippen LogP contribution is -2.40. The molecule has 1 unspecified atom stereocenters. The molecule has 0 saturated carbocycles. The van der Waals surface area contributed by atoms with Gasteiger partial charge in [-0.3, -0.25) is 10.1 Å². The number of rotatable bonds is 4. The van der Waals surface area contributed by atoms with Gasteiger partial charge in [0.1, 0.15) is 6.04 Å². The lowest BCUT2D eigenvalue weighted by Gasteiger charge is -2.10. The Morgan fingerprint density at radius 1 is 1.37 bits per heavy atom. The minimum absolute atomic E-state index is 0.0583. The van der Waals surface area contributed by atoms with Gasteiger partial charge >= 0.3 is 0 Å². The summed E-state index contributed by atoms with van der Waals surface area (Å²) in [5, 5.41) is 10.8. The molecule has 1 aromatic carbocycles. The minimum atomic E-state index is -3.67. The van der Waals surface area contributed by atoms with E-state index in [4.69, 9.17) is 5.14 Å². The molecule has 1 aliphatic heterocycles. The quantitative estimate of drug-likeness (QED) is 0.646. The summed E-state index contributed by atoms with van der Waals surface area (Å²) in [6.07, 6.45) is 3.70. The van der Waals surface area contributed by atoms with Crippen LogP contribution in [0, 0.1) is 0 Å².